The molecule has 1 amide bonds. The summed E-state index contributed by atoms with van der Waals surface area (Å²) in [5.74, 6) is 2.75. The summed E-state index contributed by atoms with van der Waals surface area (Å²) in [6, 6.07) is 11.0. The maximum absolute atomic E-state index is 12.1. The molecule has 0 aromatic heterocycles. The molecule has 0 fully saturated rings. The third-order valence-corrected chi connectivity index (χ3v) is 4.05. The summed E-state index contributed by atoms with van der Waals surface area (Å²) in [5.41, 5.74) is 1.58. The molecule has 0 unspecified atom stereocenters. The minimum absolute atomic E-state index is 0.0771. The molecular formula is C19H20N2O5. The molecule has 2 heterocycles. The molecule has 2 aromatic rings. The van der Waals surface area contributed by atoms with E-state index < -0.39 is 0 Å². The van der Waals surface area contributed by atoms with Gasteiger partial charge in [0.1, 0.15) is 26.4 Å². The van der Waals surface area contributed by atoms with Gasteiger partial charge in [-0.3, -0.25) is 4.79 Å². The number of ether oxygens (including phenoxy) is 4. The van der Waals surface area contributed by atoms with Gasteiger partial charge in [-0.05, 0) is 24.3 Å². The van der Waals surface area contributed by atoms with Crippen molar-refractivity contribution in [2.45, 2.75) is 6.42 Å². The number of anilines is 2. The van der Waals surface area contributed by atoms with E-state index in [0.717, 1.165) is 17.2 Å². The van der Waals surface area contributed by atoms with Crippen molar-refractivity contribution in [2.24, 2.45) is 0 Å². The first kappa shape index (κ1) is 16.4. The van der Waals surface area contributed by atoms with Crippen LogP contribution in [0.5, 0.6) is 23.0 Å². The van der Waals surface area contributed by atoms with E-state index in [1.54, 1.807) is 18.2 Å². The SMILES string of the molecule is O=C(CCNc1ccc2c(c1)OCCO2)Nc1ccc2c(c1)OCCO2. The molecule has 0 aliphatic carbocycles. The summed E-state index contributed by atoms with van der Waals surface area (Å²) >= 11 is 0. The molecule has 2 N–H and O–H groups in total. The third-order valence-electron chi connectivity index (χ3n) is 4.05. The number of rotatable bonds is 5. The van der Waals surface area contributed by atoms with Crippen molar-refractivity contribution < 1.29 is 23.7 Å². The lowest BCUT2D eigenvalue weighted by Crippen LogP contribution is -2.18. The molecule has 7 nitrogen and oxygen atoms in total. The van der Waals surface area contributed by atoms with Crippen LogP contribution in [0.1, 0.15) is 6.42 Å². The molecule has 2 aliphatic rings. The topological polar surface area (TPSA) is 78.1 Å². The average Bonchev–Trinajstić information content (AvgIpc) is 2.68. The third kappa shape index (κ3) is 3.77. The summed E-state index contributed by atoms with van der Waals surface area (Å²) in [4.78, 5) is 12.1. The zero-order valence-corrected chi connectivity index (χ0v) is 14.2. The number of nitrogens with one attached hydrogen (secondary N) is 2. The largest absolute Gasteiger partial charge is 0.486 e. The molecule has 2 aliphatic heterocycles. The van der Waals surface area contributed by atoms with Gasteiger partial charge in [0, 0.05) is 36.5 Å². The predicted molar refractivity (Wildman–Crippen MR) is 96.6 cm³/mol. The Kier molecular flexibility index (Phi) is 4.68. The molecule has 7 heteroatoms. The fourth-order valence-corrected chi connectivity index (χ4v) is 2.82. The molecule has 0 spiro atoms. The number of amides is 1. The highest BCUT2D eigenvalue weighted by Crippen LogP contribution is 2.33. The quantitative estimate of drug-likeness (QED) is 0.858. The summed E-state index contributed by atoms with van der Waals surface area (Å²) in [7, 11) is 0. The van der Waals surface area contributed by atoms with Gasteiger partial charge in [0.25, 0.3) is 0 Å². The van der Waals surface area contributed by atoms with E-state index in [1.807, 2.05) is 18.2 Å². The maximum Gasteiger partial charge on any atom is 0.226 e. The Bertz CT molecular complexity index is 809. The Morgan fingerprint density at radius 2 is 1.31 bits per heavy atom. The average molecular weight is 356 g/mol. The van der Waals surface area contributed by atoms with Crippen molar-refractivity contribution in [3.63, 3.8) is 0 Å². The highest BCUT2D eigenvalue weighted by molar-refractivity contribution is 5.91. The molecule has 136 valence electrons. The Balaban J connectivity index is 1.28. The van der Waals surface area contributed by atoms with Crippen LogP contribution in [0.2, 0.25) is 0 Å². The van der Waals surface area contributed by atoms with Crippen molar-refractivity contribution in [1.29, 1.82) is 0 Å². The van der Waals surface area contributed by atoms with Gasteiger partial charge in [0.05, 0.1) is 0 Å². The van der Waals surface area contributed by atoms with Crippen LogP contribution in [0.15, 0.2) is 36.4 Å². The number of carbonyl (C=O) groups is 1. The number of benzene rings is 2. The first-order valence-electron chi connectivity index (χ1n) is 8.61. The highest BCUT2D eigenvalue weighted by atomic mass is 16.6. The van der Waals surface area contributed by atoms with Crippen molar-refractivity contribution in [3.8, 4) is 23.0 Å². The maximum atomic E-state index is 12.1. The first-order valence-corrected chi connectivity index (χ1v) is 8.61. The molecule has 2 aromatic carbocycles. The van der Waals surface area contributed by atoms with Crippen LogP contribution in [-0.4, -0.2) is 38.9 Å². The van der Waals surface area contributed by atoms with Gasteiger partial charge in [-0.2, -0.15) is 0 Å². The van der Waals surface area contributed by atoms with Crippen molar-refractivity contribution in [2.75, 3.05) is 43.6 Å². The first-order chi connectivity index (χ1) is 12.8. The predicted octanol–water partition coefficient (Wildman–Crippen LogP) is 2.67. The minimum atomic E-state index is -0.0771. The monoisotopic (exact) mass is 356 g/mol. The fraction of sp³-hybridized carbons (Fsp3) is 0.316. The number of fused-ring (bicyclic) bond motifs is 2. The Morgan fingerprint density at radius 3 is 1.96 bits per heavy atom. The molecule has 4 rings (SSSR count). The van der Waals surface area contributed by atoms with Gasteiger partial charge in [-0.1, -0.05) is 0 Å². The van der Waals surface area contributed by atoms with Gasteiger partial charge in [-0.25, -0.2) is 0 Å². The summed E-state index contributed by atoms with van der Waals surface area (Å²) in [6.45, 7) is 2.69. The van der Waals surface area contributed by atoms with Crippen molar-refractivity contribution in [3.05, 3.63) is 36.4 Å². The molecular weight excluding hydrogens is 336 g/mol. The van der Waals surface area contributed by atoms with E-state index in [-0.39, 0.29) is 5.91 Å². The lowest BCUT2D eigenvalue weighted by molar-refractivity contribution is -0.115. The minimum Gasteiger partial charge on any atom is -0.486 e. The van der Waals surface area contributed by atoms with E-state index in [9.17, 15) is 4.79 Å². The van der Waals surface area contributed by atoms with Gasteiger partial charge in [0.15, 0.2) is 23.0 Å². The number of hydrogen-bond donors (Lipinski definition) is 2. The Morgan fingerprint density at radius 1 is 0.769 bits per heavy atom. The standard InChI is InChI=1S/C19H20N2O5/c22-19(21-14-2-4-16-18(12-14)26-10-8-24-16)5-6-20-13-1-3-15-17(11-13)25-9-7-23-15/h1-4,11-12,20H,5-10H2,(H,21,22). The number of hydrogen-bond acceptors (Lipinski definition) is 6. The van der Waals surface area contributed by atoms with E-state index in [0.29, 0.717) is 56.6 Å². The molecule has 0 bridgehead atoms. The van der Waals surface area contributed by atoms with E-state index >= 15 is 0 Å². The molecule has 0 radical (unpaired) electrons. The van der Waals surface area contributed by atoms with Crippen LogP contribution >= 0.6 is 0 Å². The summed E-state index contributed by atoms with van der Waals surface area (Å²) in [6.07, 6.45) is 0.336. The number of carbonyl (C=O) groups excluding carboxylic acids is 1. The Hall–Kier alpha value is -3.09. The highest BCUT2D eigenvalue weighted by Gasteiger charge is 2.13. The second-order valence-electron chi connectivity index (χ2n) is 5.94. The zero-order valence-electron chi connectivity index (χ0n) is 14.2. The van der Waals surface area contributed by atoms with Crippen LogP contribution in [0.4, 0.5) is 11.4 Å². The lowest BCUT2D eigenvalue weighted by Gasteiger charge is -2.19. The van der Waals surface area contributed by atoms with Gasteiger partial charge in [0.2, 0.25) is 5.91 Å². The molecule has 26 heavy (non-hydrogen) atoms. The van der Waals surface area contributed by atoms with Crippen LogP contribution in [0.25, 0.3) is 0 Å². The van der Waals surface area contributed by atoms with Crippen LogP contribution in [0, 0.1) is 0 Å². The Labute approximate surface area is 151 Å². The van der Waals surface area contributed by atoms with Crippen molar-refractivity contribution >= 4 is 17.3 Å². The van der Waals surface area contributed by atoms with Gasteiger partial charge in [-0.15, -0.1) is 0 Å². The van der Waals surface area contributed by atoms with Crippen LogP contribution in [-0.2, 0) is 4.79 Å². The van der Waals surface area contributed by atoms with E-state index in [1.165, 1.54) is 0 Å². The molecule has 0 saturated carbocycles. The van der Waals surface area contributed by atoms with Gasteiger partial charge < -0.3 is 29.6 Å². The summed E-state index contributed by atoms with van der Waals surface area (Å²) < 4.78 is 22.0. The second-order valence-corrected chi connectivity index (χ2v) is 5.94. The molecule has 0 saturated heterocycles. The van der Waals surface area contributed by atoms with Crippen molar-refractivity contribution in [1.82, 2.24) is 0 Å². The second kappa shape index (κ2) is 7.43. The zero-order chi connectivity index (χ0) is 17.8. The lowest BCUT2D eigenvalue weighted by atomic mass is 10.2. The normalized spacial score (nSPS) is 14.5. The van der Waals surface area contributed by atoms with Gasteiger partial charge >= 0.3 is 0 Å². The van der Waals surface area contributed by atoms with Crippen LogP contribution in [0.3, 0.4) is 0 Å². The van der Waals surface area contributed by atoms with Crippen LogP contribution < -0.4 is 29.6 Å². The molecule has 0 atom stereocenters. The fourth-order valence-electron chi connectivity index (χ4n) is 2.82. The van der Waals surface area contributed by atoms with E-state index in [2.05, 4.69) is 10.6 Å². The smallest absolute Gasteiger partial charge is 0.226 e. The van der Waals surface area contributed by atoms with E-state index in [4.69, 9.17) is 18.9 Å². The summed E-state index contributed by atoms with van der Waals surface area (Å²) in [5, 5.41) is 6.09.